The average Bonchev–Trinajstić information content (AvgIpc) is 2.44. The zero-order valence-electron chi connectivity index (χ0n) is 8.55. The SMILES string of the molecule is CC(C)[C@H](N)C(=O)N1C[C@@H](O)[C@@H](O)C1. The Bertz CT molecular complexity index is 210. The molecule has 4 N–H and O–H groups in total. The van der Waals surface area contributed by atoms with Gasteiger partial charge in [0, 0.05) is 13.1 Å². The van der Waals surface area contributed by atoms with E-state index < -0.39 is 18.2 Å². The molecule has 0 radical (unpaired) electrons. The molecule has 82 valence electrons. The van der Waals surface area contributed by atoms with Gasteiger partial charge in [0.25, 0.3) is 0 Å². The lowest BCUT2D eigenvalue weighted by atomic mass is 10.0. The maximum Gasteiger partial charge on any atom is 0.239 e. The predicted octanol–water partition coefficient (Wildman–Crippen LogP) is -1.47. The van der Waals surface area contributed by atoms with Crippen molar-refractivity contribution in [3.8, 4) is 0 Å². The van der Waals surface area contributed by atoms with Crippen LogP contribution < -0.4 is 5.73 Å². The topological polar surface area (TPSA) is 86.8 Å². The summed E-state index contributed by atoms with van der Waals surface area (Å²) in [6.45, 7) is 4.10. The average molecular weight is 202 g/mol. The molecule has 3 atom stereocenters. The number of hydrogen-bond donors (Lipinski definition) is 3. The van der Waals surface area contributed by atoms with Gasteiger partial charge in [0.2, 0.25) is 5.91 Å². The van der Waals surface area contributed by atoms with Crippen LogP contribution in [0.1, 0.15) is 13.8 Å². The van der Waals surface area contributed by atoms with Crippen molar-refractivity contribution in [2.45, 2.75) is 32.1 Å². The van der Waals surface area contributed by atoms with Gasteiger partial charge in [-0.1, -0.05) is 13.8 Å². The number of carbonyl (C=O) groups is 1. The summed E-state index contributed by atoms with van der Waals surface area (Å²) in [5, 5.41) is 18.5. The third-order valence-electron chi connectivity index (χ3n) is 2.57. The summed E-state index contributed by atoms with van der Waals surface area (Å²) in [6.07, 6.45) is -1.67. The summed E-state index contributed by atoms with van der Waals surface area (Å²) in [4.78, 5) is 13.1. The highest BCUT2D eigenvalue weighted by atomic mass is 16.3. The van der Waals surface area contributed by atoms with Gasteiger partial charge in [0.15, 0.2) is 0 Å². The summed E-state index contributed by atoms with van der Waals surface area (Å²) >= 11 is 0. The predicted molar refractivity (Wildman–Crippen MR) is 51.4 cm³/mol. The van der Waals surface area contributed by atoms with Crippen LogP contribution in [0.3, 0.4) is 0 Å². The minimum absolute atomic E-state index is 0.0670. The molecule has 5 heteroatoms. The minimum atomic E-state index is -0.835. The molecule has 14 heavy (non-hydrogen) atoms. The number of β-amino-alcohol motifs (C(OH)–C–C–N with tert-alkyl or cyclic N) is 2. The lowest BCUT2D eigenvalue weighted by Crippen LogP contribution is -2.46. The molecule has 1 rings (SSSR count). The van der Waals surface area contributed by atoms with E-state index in [0.29, 0.717) is 0 Å². The second kappa shape index (κ2) is 4.25. The molecule has 1 fully saturated rings. The second-order valence-electron chi connectivity index (χ2n) is 4.15. The highest BCUT2D eigenvalue weighted by molar-refractivity contribution is 5.82. The monoisotopic (exact) mass is 202 g/mol. The summed E-state index contributed by atoms with van der Waals surface area (Å²) in [5.74, 6) is -0.131. The van der Waals surface area contributed by atoms with Crippen LogP contribution in [0, 0.1) is 5.92 Å². The van der Waals surface area contributed by atoms with Gasteiger partial charge >= 0.3 is 0 Å². The van der Waals surface area contributed by atoms with E-state index in [1.165, 1.54) is 4.90 Å². The highest BCUT2D eigenvalue weighted by Gasteiger charge is 2.35. The first-order chi connectivity index (χ1) is 6.43. The number of nitrogens with zero attached hydrogens (tertiary/aromatic N) is 1. The van der Waals surface area contributed by atoms with Crippen LogP contribution in [-0.4, -0.2) is 52.4 Å². The largest absolute Gasteiger partial charge is 0.388 e. The molecule has 1 saturated heterocycles. The normalized spacial score (nSPS) is 29.7. The van der Waals surface area contributed by atoms with Crippen LogP contribution >= 0.6 is 0 Å². The molecule has 0 aromatic carbocycles. The Labute approximate surface area is 83.5 Å². The number of rotatable bonds is 2. The zero-order valence-corrected chi connectivity index (χ0v) is 8.55. The summed E-state index contributed by atoms with van der Waals surface area (Å²) in [5.41, 5.74) is 5.68. The van der Waals surface area contributed by atoms with Gasteiger partial charge < -0.3 is 20.8 Å². The first kappa shape index (κ1) is 11.4. The molecule has 0 aromatic rings. The van der Waals surface area contributed by atoms with E-state index in [-0.39, 0.29) is 24.9 Å². The van der Waals surface area contributed by atoms with Crippen molar-refractivity contribution < 1.29 is 15.0 Å². The third kappa shape index (κ3) is 2.23. The van der Waals surface area contributed by atoms with Crippen LogP contribution in [0.4, 0.5) is 0 Å². The van der Waals surface area contributed by atoms with Crippen LogP contribution in [0.2, 0.25) is 0 Å². The van der Waals surface area contributed by atoms with Crippen molar-refractivity contribution in [2.75, 3.05) is 13.1 Å². The molecular weight excluding hydrogens is 184 g/mol. The standard InChI is InChI=1S/C9H18N2O3/c1-5(2)8(10)9(14)11-3-6(12)7(13)4-11/h5-8,12-13H,3-4,10H2,1-2H3/t6-,7+,8-/m0/s1. The Balaban J connectivity index is 2.55. The maximum atomic E-state index is 11.7. The molecule has 0 saturated carbocycles. The summed E-state index contributed by atoms with van der Waals surface area (Å²) < 4.78 is 0. The molecule has 0 unspecified atom stereocenters. The summed E-state index contributed by atoms with van der Waals surface area (Å²) in [6, 6.07) is -0.549. The molecule has 1 amide bonds. The number of aliphatic hydroxyl groups excluding tert-OH is 2. The first-order valence-corrected chi connectivity index (χ1v) is 4.84. The van der Waals surface area contributed by atoms with Crippen molar-refractivity contribution in [1.82, 2.24) is 4.90 Å². The van der Waals surface area contributed by atoms with Crippen molar-refractivity contribution in [2.24, 2.45) is 11.7 Å². The van der Waals surface area contributed by atoms with Gasteiger partial charge in [0.1, 0.15) is 0 Å². The number of likely N-dealkylation sites (tertiary alicyclic amines) is 1. The van der Waals surface area contributed by atoms with Gasteiger partial charge in [0.05, 0.1) is 18.2 Å². The minimum Gasteiger partial charge on any atom is -0.388 e. The third-order valence-corrected chi connectivity index (χ3v) is 2.57. The number of aliphatic hydroxyl groups is 2. The molecule has 0 aromatic heterocycles. The molecule has 0 bridgehead atoms. The molecule has 1 aliphatic rings. The summed E-state index contributed by atoms with van der Waals surface area (Å²) in [7, 11) is 0. The smallest absolute Gasteiger partial charge is 0.239 e. The van der Waals surface area contributed by atoms with Crippen molar-refractivity contribution in [3.05, 3.63) is 0 Å². The van der Waals surface area contributed by atoms with Gasteiger partial charge in [-0.15, -0.1) is 0 Å². The second-order valence-corrected chi connectivity index (χ2v) is 4.15. The fourth-order valence-corrected chi connectivity index (χ4v) is 1.45. The lowest BCUT2D eigenvalue weighted by Gasteiger charge is -2.22. The van der Waals surface area contributed by atoms with Crippen LogP contribution in [-0.2, 0) is 4.79 Å². The quantitative estimate of drug-likeness (QED) is 0.510. The van der Waals surface area contributed by atoms with Crippen LogP contribution in [0.15, 0.2) is 0 Å². The van der Waals surface area contributed by atoms with E-state index in [1.807, 2.05) is 13.8 Å². The molecule has 0 spiro atoms. The van der Waals surface area contributed by atoms with Crippen LogP contribution in [0.5, 0.6) is 0 Å². The van der Waals surface area contributed by atoms with E-state index in [1.54, 1.807) is 0 Å². The Kier molecular flexibility index (Phi) is 3.47. The van der Waals surface area contributed by atoms with E-state index in [0.717, 1.165) is 0 Å². The Morgan fingerprint density at radius 1 is 1.36 bits per heavy atom. The fourth-order valence-electron chi connectivity index (χ4n) is 1.45. The van der Waals surface area contributed by atoms with Gasteiger partial charge in [-0.05, 0) is 5.92 Å². The maximum absolute atomic E-state index is 11.7. The number of nitrogens with two attached hydrogens (primary N) is 1. The van der Waals surface area contributed by atoms with Crippen molar-refractivity contribution in [1.29, 1.82) is 0 Å². The van der Waals surface area contributed by atoms with E-state index in [2.05, 4.69) is 0 Å². The number of hydrogen-bond acceptors (Lipinski definition) is 4. The zero-order chi connectivity index (χ0) is 10.9. The fraction of sp³-hybridized carbons (Fsp3) is 0.889. The first-order valence-electron chi connectivity index (χ1n) is 4.84. The number of amides is 1. The van der Waals surface area contributed by atoms with E-state index in [9.17, 15) is 15.0 Å². The molecule has 1 aliphatic heterocycles. The highest BCUT2D eigenvalue weighted by Crippen LogP contribution is 2.13. The van der Waals surface area contributed by atoms with Gasteiger partial charge in [-0.25, -0.2) is 0 Å². The van der Waals surface area contributed by atoms with E-state index >= 15 is 0 Å². The molecule has 5 nitrogen and oxygen atoms in total. The Hall–Kier alpha value is -0.650. The van der Waals surface area contributed by atoms with Crippen molar-refractivity contribution >= 4 is 5.91 Å². The Morgan fingerprint density at radius 3 is 2.14 bits per heavy atom. The van der Waals surface area contributed by atoms with Crippen LogP contribution in [0.25, 0.3) is 0 Å². The molecular formula is C9H18N2O3. The van der Waals surface area contributed by atoms with Crippen molar-refractivity contribution in [3.63, 3.8) is 0 Å². The Morgan fingerprint density at radius 2 is 1.79 bits per heavy atom. The molecule has 1 heterocycles. The van der Waals surface area contributed by atoms with E-state index in [4.69, 9.17) is 5.73 Å². The molecule has 0 aliphatic carbocycles. The van der Waals surface area contributed by atoms with Gasteiger partial charge in [-0.3, -0.25) is 4.79 Å². The number of carbonyl (C=O) groups excluding carboxylic acids is 1. The lowest BCUT2D eigenvalue weighted by molar-refractivity contribution is -0.133. The van der Waals surface area contributed by atoms with Gasteiger partial charge in [-0.2, -0.15) is 0 Å².